The van der Waals surface area contributed by atoms with Gasteiger partial charge in [0.25, 0.3) is 0 Å². The third kappa shape index (κ3) is 2.72. The van der Waals surface area contributed by atoms with E-state index in [-0.39, 0.29) is 0 Å². The normalized spacial score (nSPS) is 12.9. The van der Waals surface area contributed by atoms with Gasteiger partial charge in [0.1, 0.15) is 5.01 Å². The molecule has 0 radical (unpaired) electrons. The summed E-state index contributed by atoms with van der Waals surface area (Å²) in [6.45, 7) is 4.33. The Hall–Kier alpha value is -1.59. The summed E-state index contributed by atoms with van der Waals surface area (Å²) in [6, 6.07) is 5.94. The third-order valence-corrected chi connectivity index (χ3v) is 3.77. The van der Waals surface area contributed by atoms with Gasteiger partial charge in [-0.2, -0.15) is 0 Å². The van der Waals surface area contributed by atoms with Crippen LogP contribution in [0.4, 0.5) is 0 Å². The Morgan fingerprint density at radius 2 is 2.21 bits per heavy atom. The first kappa shape index (κ1) is 12.4. The van der Waals surface area contributed by atoms with Crippen LogP contribution in [0.15, 0.2) is 23.6 Å². The molecule has 0 saturated heterocycles. The number of ether oxygens (including phenoxy) is 2. The quantitative estimate of drug-likeness (QED) is 0.852. The maximum Gasteiger partial charge on any atom is 0.231 e. The molecule has 1 N–H and O–H groups in total. The molecule has 0 atom stereocenters. The topological polar surface area (TPSA) is 43.4 Å². The van der Waals surface area contributed by atoms with Crippen molar-refractivity contribution in [1.29, 1.82) is 0 Å². The zero-order chi connectivity index (χ0) is 13.1. The Labute approximate surface area is 116 Å². The number of rotatable bonds is 5. The van der Waals surface area contributed by atoms with Gasteiger partial charge in [0, 0.05) is 17.5 Å². The molecule has 0 aliphatic carbocycles. The molecule has 1 aliphatic heterocycles. The number of nitrogens with zero attached hydrogens (tertiary/aromatic N) is 1. The summed E-state index contributed by atoms with van der Waals surface area (Å²) in [5.41, 5.74) is 2.07. The van der Waals surface area contributed by atoms with E-state index in [0.29, 0.717) is 6.79 Å². The average molecular weight is 276 g/mol. The van der Waals surface area contributed by atoms with Crippen LogP contribution in [0.2, 0.25) is 0 Å². The fourth-order valence-corrected chi connectivity index (χ4v) is 2.73. The summed E-state index contributed by atoms with van der Waals surface area (Å²) in [4.78, 5) is 4.64. The molecule has 0 fully saturated rings. The molecular formula is C14H16N2O2S. The predicted molar refractivity (Wildman–Crippen MR) is 75.7 cm³/mol. The van der Waals surface area contributed by atoms with Crippen LogP contribution in [0, 0.1) is 0 Å². The fraction of sp³-hybridized carbons (Fsp3) is 0.357. The molecule has 0 spiro atoms. The van der Waals surface area contributed by atoms with Gasteiger partial charge in [-0.15, -0.1) is 11.3 Å². The predicted octanol–water partition coefficient (Wildman–Crippen LogP) is 3.04. The minimum Gasteiger partial charge on any atom is -0.454 e. The molecule has 19 heavy (non-hydrogen) atoms. The van der Waals surface area contributed by atoms with Gasteiger partial charge >= 0.3 is 0 Å². The Kier molecular flexibility index (Phi) is 3.66. The lowest BCUT2D eigenvalue weighted by molar-refractivity contribution is 0.174. The summed E-state index contributed by atoms with van der Waals surface area (Å²) in [5.74, 6) is 1.61. The smallest absolute Gasteiger partial charge is 0.231 e. The summed E-state index contributed by atoms with van der Waals surface area (Å²) < 4.78 is 10.7. The van der Waals surface area contributed by atoms with Gasteiger partial charge in [-0.1, -0.05) is 6.92 Å². The van der Waals surface area contributed by atoms with E-state index in [1.165, 1.54) is 0 Å². The summed E-state index contributed by atoms with van der Waals surface area (Å²) in [6.07, 6.45) is 1.14. The highest BCUT2D eigenvalue weighted by Gasteiger charge is 2.14. The van der Waals surface area contributed by atoms with E-state index in [4.69, 9.17) is 9.47 Å². The van der Waals surface area contributed by atoms with Crippen LogP contribution in [0.25, 0.3) is 11.3 Å². The highest BCUT2D eigenvalue weighted by atomic mass is 32.1. The maximum atomic E-state index is 5.39. The molecule has 1 aromatic heterocycles. The number of hydrogen-bond acceptors (Lipinski definition) is 5. The van der Waals surface area contributed by atoms with Crippen molar-refractivity contribution in [2.24, 2.45) is 0 Å². The third-order valence-electron chi connectivity index (χ3n) is 2.92. The van der Waals surface area contributed by atoms with E-state index in [0.717, 1.165) is 47.3 Å². The Bertz CT molecular complexity index is 568. The van der Waals surface area contributed by atoms with Gasteiger partial charge in [-0.3, -0.25) is 0 Å². The average Bonchev–Trinajstić information content (AvgIpc) is 3.06. The van der Waals surface area contributed by atoms with Crippen LogP contribution >= 0.6 is 11.3 Å². The second kappa shape index (κ2) is 5.59. The summed E-state index contributed by atoms with van der Waals surface area (Å²) >= 11 is 1.68. The van der Waals surface area contributed by atoms with E-state index >= 15 is 0 Å². The van der Waals surface area contributed by atoms with E-state index in [2.05, 4.69) is 22.6 Å². The molecule has 1 aromatic carbocycles. The van der Waals surface area contributed by atoms with Crippen LogP contribution in [0.5, 0.6) is 11.5 Å². The Morgan fingerprint density at radius 1 is 1.32 bits per heavy atom. The van der Waals surface area contributed by atoms with Crippen molar-refractivity contribution in [2.75, 3.05) is 13.3 Å². The monoisotopic (exact) mass is 276 g/mol. The second-order valence-corrected chi connectivity index (χ2v) is 5.31. The lowest BCUT2D eigenvalue weighted by atomic mass is 10.1. The molecule has 1 aliphatic rings. The van der Waals surface area contributed by atoms with Crippen molar-refractivity contribution in [1.82, 2.24) is 10.3 Å². The number of hydrogen-bond donors (Lipinski definition) is 1. The van der Waals surface area contributed by atoms with Gasteiger partial charge in [0.2, 0.25) is 6.79 Å². The largest absolute Gasteiger partial charge is 0.454 e. The zero-order valence-corrected chi connectivity index (χ0v) is 11.6. The lowest BCUT2D eigenvalue weighted by Gasteiger charge is -2.00. The molecule has 0 saturated carbocycles. The van der Waals surface area contributed by atoms with Gasteiger partial charge in [-0.25, -0.2) is 4.98 Å². The minimum atomic E-state index is 0.308. The highest BCUT2D eigenvalue weighted by Crippen LogP contribution is 2.36. The molecular weight excluding hydrogens is 260 g/mol. The summed E-state index contributed by atoms with van der Waals surface area (Å²) in [7, 11) is 0. The van der Waals surface area contributed by atoms with Crippen molar-refractivity contribution < 1.29 is 9.47 Å². The van der Waals surface area contributed by atoms with Crippen molar-refractivity contribution in [3.63, 3.8) is 0 Å². The number of thiazole rings is 1. The first-order chi connectivity index (χ1) is 9.36. The Morgan fingerprint density at radius 3 is 3.11 bits per heavy atom. The SMILES string of the molecule is CCCNCc1nc(-c2ccc3c(c2)OCO3)cs1. The van der Waals surface area contributed by atoms with Gasteiger partial charge in [0.05, 0.1) is 5.69 Å². The van der Waals surface area contributed by atoms with Crippen molar-refractivity contribution >= 4 is 11.3 Å². The van der Waals surface area contributed by atoms with Crippen LogP contribution in [0.1, 0.15) is 18.4 Å². The molecule has 0 unspecified atom stereocenters. The number of nitrogens with one attached hydrogen (secondary N) is 1. The van der Waals surface area contributed by atoms with Crippen LogP contribution in [0.3, 0.4) is 0 Å². The first-order valence-electron chi connectivity index (χ1n) is 6.42. The number of benzene rings is 1. The summed E-state index contributed by atoms with van der Waals surface area (Å²) in [5, 5.41) is 6.56. The van der Waals surface area contributed by atoms with Gasteiger partial charge in [0.15, 0.2) is 11.5 Å². The molecule has 5 heteroatoms. The van der Waals surface area contributed by atoms with E-state index in [9.17, 15) is 0 Å². The maximum absolute atomic E-state index is 5.39. The second-order valence-electron chi connectivity index (χ2n) is 4.37. The minimum absolute atomic E-state index is 0.308. The molecule has 0 bridgehead atoms. The first-order valence-corrected chi connectivity index (χ1v) is 7.30. The fourth-order valence-electron chi connectivity index (χ4n) is 1.95. The highest BCUT2D eigenvalue weighted by molar-refractivity contribution is 7.09. The Balaban J connectivity index is 1.75. The lowest BCUT2D eigenvalue weighted by Crippen LogP contribution is -2.13. The molecule has 4 nitrogen and oxygen atoms in total. The van der Waals surface area contributed by atoms with Crippen molar-refractivity contribution in [3.05, 3.63) is 28.6 Å². The molecule has 2 aromatic rings. The number of aromatic nitrogens is 1. The van der Waals surface area contributed by atoms with Crippen LogP contribution in [-0.4, -0.2) is 18.3 Å². The van der Waals surface area contributed by atoms with E-state index < -0.39 is 0 Å². The van der Waals surface area contributed by atoms with Crippen LogP contribution < -0.4 is 14.8 Å². The van der Waals surface area contributed by atoms with Gasteiger partial charge < -0.3 is 14.8 Å². The van der Waals surface area contributed by atoms with Gasteiger partial charge in [-0.05, 0) is 31.2 Å². The zero-order valence-electron chi connectivity index (χ0n) is 10.8. The van der Waals surface area contributed by atoms with E-state index in [1.807, 2.05) is 18.2 Å². The number of fused-ring (bicyclic) bond motifs is 1. The van der Waals surface area contributed by atoms with E-state index in [1.54, 1.807) is 11.3 Å². The van der Waals surface area contributed by atoms with Crippen molar-refractivity contribution in [3.8, 4) is 22.8 Å². The van der Waals surface area contributed by atoms with Crippen LogP contribution in [-0.2, 0) is 6.54 Å². The van der Waals surface area contributed by atoms with Crippen molar-refractivity contribution in [2.45, 2.75) is 19.9 Å². The molecule has 0 amide bonds. The molecule has 100 valence electrons. The molecule has 2 heterocycles. The standard InChI is InChI=1S/C14H16N2O2S/c1-2-5-15-7-14-16-11(8-19-14)10-3-4-12-13(6-10)18-9-17-12/h3-4,6,8,15H,2,5,7,9H2,1H3. The molecule has 3 rings (SSSR count).